The Morgan fingerprint density at radius 3 is 3.00 bits per heavy atom. The van der Waals surface area contributed by atoms with Gasteiger partial charge in [-0.15, -0.1) is 11.3 Å². The van der Waals surface area contributed by atoms with Crippen LogP contribution in [0, 0.1) is 0 Å². The third kappa shape index (κ3) is 3.94. The summed E-state index contributed by atoms with van der Waals surface area (Å²) in [5.74, 6) is 0. The lowest BCUT2D eigenvalue weighted by Gasteiger charge is -1.89. The fourth-order valence-corrected chi connectivity index (χ4v) is 1.25. The van der Waals surface area contributed by atoms with Crippen LogP contribution in [-0.2, 0) is 11.4 Å². The summed E-state index contributed by atoms with van der Waals surface area (Å²) in [5.41, 5.74) is 5.50. The maximum atomic E-state index is 5.50. The average molecular weight is 301 g/mol. The molecule has 0 unspecified atom stereocenters. The van der Waals surface area contributed by atoms with Gasteiger partial charge in [0.05, 0.1) is 0 Å². The van der Waals surface area contributed by atoms with Crippen LogP contribution in [-0.4, -0.2) is 16.4 Å². The normalized spacial score (nSPS) is 10.5. The predicted molar refractivity (Wildman–Crippen MR) is 48.2 cm³/mol. The molecule has 6 heteroatoms. The molecule has 0 aliphatic carbocycles. The molecule has 11 heavy (non-hydrogen) atoms. The summed E-state index contributed by atoms with van der Waals surface area (Å²) in [6.45, 7) is 0. The van der Waals surface area contributed by atoms with Crippen molar-refractivity contribution in [1.29, 1.82) is 0 Å². The van der Waals surface area contributed by atoms with E-state index in [1.165, 1.54) is 22.7 Å². The number of nitrogens with one attached hydrogen (secondary N) is 1. The highest BCUT2D eigenvalue weighted by Crippen LogP contribution is 2.08. The zero-order valence-corrected chi connectivity index (χ0v) is 9.66. The van der Waals surface area contributed by atoms with Gasteiger partial charge >= 0.3 is 5.11 Å². The van der Waals surface area contributed by atoms with Gasteiger partial charge in [-0.05, 0) is 0 Å². The van der Waals surface area contributed by atoms with E-state index in [1.54, 1.807) is 6.20 Å². The fourth-order valence-electron chi connectivity index (χ4n) is 0.442. The Morgan fingerprint density at radius 1 is 1.82 bits per heavy atom. The molecule has 0 saturated carbocycles. The van der Waals surface area contributed by atoms with E-state index in [0.717, 1.165) is 5.13 Å². The van der Waals surface area contributed by atoms with E-state index in [1.807, 2.05) is 11.6 Å². The molecule has 0 radical (unpaired) electrons. The number of halogens is 1. The molecule has 0 bridgehead atoms. The monoisotopic (exact) mass is 301 g/mol. The van der Waals surface area contributed by atoms with Crippen molar-refractivity contribution in [1.82, 2.24) is 4.98 Å². The molecule has 3 nitrogen and oxygen atoms in total. The van der Waals surface area contributed by atoms with Gasteiger partial charge in [0, 0.05) is 11.6 Å². The van der Waals surface area contributed by atoms with Gasteiger partial charge in [-0.3, -0.25) is 5.32 Å². The molecule has 1 rings (SSSR count). The molecular formula is C5H8IN3S2. The molecule has 62 valence electrons. The first-order valence-corrected chi connectivity index (χ1v) is 4.76. The van der Waals surface area contributed by atoms with Crippen LogP contribution in [0.5, 0.6) is 0 Å². The lowest BCUT2D eigenvalue weighted by molar-refractivity contribution is -0.00000212. The number of nitrogens with zero attached hydrogens (tertiary/aromatic N) is 1. The summed E-state index contributed by atoms with van der Waals surface area (Å²) < 4.78 is 0. The molecule has 1 aromatic heterocycles. The van der Waals surface area contributed by atoms with Gasteiger partial charge in [-0.1, -0.05) is 0 Å². The summed E-state index contributed by atoms with van der Waals surface area (Å²) in [4.78, 5) is 4.00. The van der Waals surface area contributed by atoms with Crippen molar-refractivity contribution >= 4 is 32.9 Å². The Morgan fingerprint density at radius 2 is 2.55 bits per heavy atom. The topological polar surface area (TPSA) is 50.9 Å². The molecule has 0 aliphatic heterocycles. The third-order valence-electron chi connectivity index (χ3n) is 0.882. The van der Waals surface area contributed by atoms with Crippen molar-refractivity contribution < 1.29 is 24.0 Å². The molecular weight excluding hydrogens is 293 g/mol. The first kappa shape index (κ1) is 11.2. The second-order valence-electron chi connectivity index (χ2n) is 1.53. The first-order chi connectivity index (χ1) is 4.83. The minimum Gasteiger partial charge on any atom is -1.00 e. The van der Waals surface area contributed by atoms with Crippen LogP contribution in [0.1, 0.15) is 0 Å². The number of hydrogen-bond acceptors (Lipinski definition) is 2. The average Bonchev–Trinajstić information content (AvgIpc) is 2.40. The molecule has 1 aromatic rings. The zero-order chi connectivity index (χ0) is 7.40. The molecule has 0 spiro atoms. The van der Waals surface area contributed by atoms with E-state index >= 15 is 0 Å². The SMILES string of the molecule is C/[S+]=C(\N)Nc1nccs1.[I-]. The second kappa shape index (κ2) is 5.81. The van der Waals surface area contributed by atoms with Crippen LogP contribution in [0.15, 0.2) is 11.6 Å². The van der Waals surface area contributed by atoms with E-state index in [9.17, 15) is 0 Å². The quantitative estimate of drug-likeness (QED) is 0.338. The minimum atomic E-state index is 0. The van der Waals surface area contributed by atoms with E-state index in [0.29, 0.717) is 5.11 Å². The second-order valence-corrected chi connectivity index (χ2v) is 3.27. The fraction of sp³-hybridized carbons (Fsp3) is 0.200. The summed E-state index contributed by atoms with van der Waals surface area (Å²) in [6.07, 6.45) is 3.65. The van der Waals surface area contributed by atoms with Crippen molar-refractivity contribution in [3.8, 4) is 0 Å². The molecule has 0 aliphatic rings. The highest BCUT2D eigenvalue weighted by molar-refractivity contribution is 7.78. The van der Waals surface area contributed by atoms with E-state index < -0.39 is 0 Å². The Bertz CT molecular complexity index is 222. The van der Waals surface area contributed by atoms with Crippen molar-refractivity contribution in [3.63, 3.8) is 0 Å². The van der Waals surface area contributed by atoms with Gasteiger partial charge in [0.25, 0.3) is 0 Å². The van der Waals surface area contributed by atoms with Crippen molar-refractivity contribution in [2.45, 2.75) is 0 Å². The number of rotatable bonds is 1. The van der Waals surface area contributed by atoms with Crippen molar-refractivity contribution in [2.24, 2.45) is 5.73 Å². The maximum Gasteiger partial charge on any atom is 0.344 e. The van der Waals surface area contributed by atoms with Crippen molar-refractivity contribution in [3.05, 3.63) is 11.6 Å². The number of anilines is 1. The Hall–Kier alpha value is 0.210. The Labute approximate surface area is 90.4 Å². The van der Waals surface area contributed by atoms with E-state index in [-0.39, 0.29) is 24.0 Å². The molecule has 1 heterocycles. The lowest BCUT2D eigenvalue weighted by atomic mass is 11.0. The summed E-state index contributed by atoms with van der Waals surface area (Å²) in [5, 5.41) is 6.35. The molecule has 0 amide bonds. The van der Waals surface area contributed by atoms with Gasteiger partial charge in [-0.25, -0.2) is 10.7 Å². The highest BCUT2D eigenvalue weighted by atomic mass is 127. The molecule has 0 saturated heterocycles. The number of nitrogens with two attached hydrogens (primary N) is 1. The summed E-state index contributed by atoms with van der Waals surface area (Å²) in [7, 11) is 0. The van der Waals surface area contributed by atoms with Gasteiger partial charge in [-0.2, -0.15) is 0 Å². The van der Waals surface area contributed by atoms with E-state index in [4.69, 9.17) is 5.73 Å². The largest absolute Gasteiger partial charge is 1.00 e. The minimum absolute atomic E-state index is 0. The molecule has 0 atom stereocenters. The Kier molecular flexibility index (Phi) is 5.92. The smallest absolute Gasteiger partial charge is 0.344 e. The number of thiazole rings is 1. The van der Waals surface area contributed by atoms with Gasteiger partial charge < -0.3 is 24.0 Å². The van der Waals surface area contributed by atoms with Gasteiger partial charge in [0.1, 0.15) is 0 Å². The summed E-state index contributed by atoms with van der Waals surface area (Å²) >= 11 is 3.00. The molecule has 0 aromatic carbocycles. The van der Waals surface area contributed by atoms with Crippen LogP contribution in [0.2, 0.25) is 0 Å². The lowest BCUT2D eigenvalue weighted by Crippen LogP contribution is -3.00. The van der Waals surface area contributed by atoms with Crippen LogP contribution >= 0.6 is 11.3 Å². The molecule has 0 fully saturated rings. The van der Waals surface area contributed by atoms with Crippen LogP contribution in [0.25, 0.3) is 0 Å². The van der Waals surface area contributed by atoms with Crippen LogP contribution < -0.4 is 35.0 Å². The van der Waals surface area contributed by atoms with Crippen LogP contribution in [0.3, 0.4) is 0 Å². The van der Waals surface area contributed by atoms with Gasteiger partial charge in [0.2, 0.25) is 11.4 Å². The van der Waals surface area contributed by atoms with Crippen LogP contribution in [0.4, 0.5) is 5.13 Å². The third-order valence-corrected chi connectivity index (χ3v) is 2.11. The standard InChI is InChI=1S/C5H8N3S2.HI/c1-9-4(6)8-5-7-2-3-10-5;/h2-3H,6H2,1H3,(H,7,8);1H/q+1;/p-1. The Balaban J connectivity index is 0.000001000. The highest BCUT2D eigenvalue weighted by Gasteiger charge is 2.00. The zero-order valence-electron chi connectivity index (χ0n) is 5.87. The van der Waals surface area contributed by atoms with Crippen molar-refractivity contribution in [2.75, 3.05) is 11.6 Å². The number of aromatic nitrogens is 1. The first-order valence-electron chi connectivity index (χ1n) is 2.66. The predicted octanol–water partition coefficient (Wildman–Crippen LogP) is -2.68. The van der Waals surface area contributed by atoms with Gasteiger partial charge in [0.15, 0.2) is 11.4 Å². The summed E-state index contributed by atoms with van der Waals surface area (Å²) in [6, 6.07) is 0. The molecule has 3 N–H and O–H groups in total. The maximum absolute atomic E-state index is 5.50. The van der Waals surface area contributed by atoms with E-state index in [2.05, 4.69) is 10.3 Å². The number of hydrogen-bond donors (Lipinski definition) is 2.